The maximum atomic E-state index is 6.05. The molecule has 1 fully saturated rings. The van der Waals surface area contributed by atoms with Crippen molar-refractivity contribution < 1.29 is 4.74 Å². The van der Waals surface area contributed by atoms with Gasteiger partial charge in [0.25, 0.3) is 0 Å². The second kappa shape index (κ2) is 3.68. The van der Waals surface area contributed by atoms with Gasteiger partial charge in [-0.3, -0.25) is 4.68 Å². The first-order chi connectivity index (χ1) is 6.25. The number of aromatic nitrogens is 2. The molecule has 2 rings (SSSR count). The molecule has 2 heterocycles. The van der Waals surface area contributed by atoms with Crippen molar-refractivity contribution in [2.45, 2.75) is 24.3 Å². The van der Waals surface area contributed by atoms with Gasteiger partial charge in [-0.15, -0.1) is 11.6 Å². The summed E-state index contributed by atoms with van der Waals surface area (Å²) in [6, 6.07) is 1.99. The quantitative estimate of drug-likeness (QED) is 0.648. The fourth-order valence-electron chi connectivity index (χ4n) is 1.57. The fraction of sp³-hybridized carbons (Fsp3) is 0.667. The van der Waals surface area contributed by atoms with Gasteiger partial charge in [0.15, 0.2) is 0 Å². The molecule has 1 aliphatic heterocycles. The van der Waals surface area contributed by atoms with Crippen LogP contribution in [0.15, 0.2) is 12.3 Å². The second-order valence-electron chi connectivity index (χ2n) is 3.40. The summed E-state index contributed by atoms with van der Waals surface area (Å²) < 4.78 is 7.38. The lowest BCUT2D eigenvalue weighted by molar-refractivity contribution is 0.0139. The van der Waals surface area contributed by atoms with E-state index < -0.39 is 0 Å². The van der Waals surface area contributed by atoms with Crippen LogP contribution in [-0.2, 0) is 11.8 Å². The van der Waals surface area contributed by atoms with E-state index in [1.165, 1.54) is 0 Å². The number of rotatable bonds is 1. The molecule has 1 aromatic heterocycles. The summed E-state index contributed by atoms with van der Waals surface area (Å²) in [6.45, 7) is 0.745. The summed E-state index contributed by atoms with van der Waals surface area (Å²) in [4.78, 5) is 0. The molecular formula is C9H13ClN2O. The highest BCUT2D eigenvalue weighted by Gasteiger charge is 2.23. The third-order valence-corrected chi connectivity index (χ3v) is 2.68. The lowest BCUT2D eigenvalue weighted by atomic mass is 10.1. The molecule has 0 aromatic carbocycles. The molecule has 2 unspecified atom stereocenters. The van der Waals surface area contributed by atoms with Gasteiger partial charge in [-0.1, -0.05) is 0 Å². The van der Waals surface area contributed by atoms with Crippen LogP contribution < -0.4 is 0 Å². The van der Waals surface area contributed by atoms with E-state index in [4.69, 9.17) is 16.3 Å². The molecule has 0 amide bonds. The van der Waals surface area contributed by atoms with Gasteiger partial charge in [-0.2, -0.15) is 5.10 Å². The van der Waals surface area contributed by atoms with Crippen LogP contribution in [0.2, 0.25) is 0 Å². The molecule has 0 aliphatic carbocycles. The maximum absolute atomic E-state index is 6.05. The summed E-state index contributed by atoms with van der Waals surface area (Å²) in [5.41, 5.74) is 0.993. The minimum atomic E-state index is 0.0949. The third-order valence-electron chi connectivity index (χ3n) is 2.28. The first-order valence-electron chi connectivity index (χ1n) is 4.51. The Kier molecular flexibility index (Phi) is 2.56. The Morgan fingerprint density at radius 3 is 3.15 bits per heavy atom. The van der Waals surface area contributed by atoms with Gasteiger partial charge >= 0.3 is 0 Å². The molecule has 3 nitrogen and oxygen atoms in total. The average molecular weight is 201 g/mol. The Hall–Kier alpha value is -0.540. The number of ether oxygens (including phenoxy) is 1. The minimum Gasteiger partial charge on any atom is -0.372 e. The Morgan fingerprint density at radius 2 is 2.54 bits per heavy atom. The molecule has 1 saturated heterocycles. The first-order valence-corrected chi connectivity index (χ1v) is 4.94. The molecule has 1 aliphatic rings. The normalized spacial score (nSPS) is 29.1. The zero-order chi connectivity index (χ0) is 9.26. The van der Waals surface area contributed by atoms with E-state index in [1.807, 2.05) is 19.3 Å². The highest BCUT2D eigenvalue weighted by Crippen LogP contribution is 2.29. The van der Waals surface area contributed by atoms with Crippen molar-refractivity contribution in [3.05, 3.63) is 18.0 Å². The Labute approximate surface area is 82.6 Å². The zero-order valence-electron chi connectivity index (χ0n) is 7.61. The Balaban J connectivity index is 2.08. The molecule has 0 saturated carbocycles. The highest BCUT2D eigenvalue weighted by molar-refractivity contribution is 6.20. The van der Waals surface area contributed by atoms with Gasteiger partial charge in [0, 0.05) is 25.2 Å². The van der Waals surface area contributed by atoms with Crippen LogP contribution >= 0.6 is 11.6 Å². The van der Waals surface area contributed by atoms with Crippen molar-refractivity contribution in [3.63, 3.8) is 0 Å². The van der Waals surface area contributed by atoms with E-state index >= 15 is 0 Å². The Bertz CT molecular complexity index is 287. The predicted octanol–water partition coefficient (Wildman–Crippen LogP) is 1.88. The molecule has 0 radical (unpaired) electrons. The SMILES string of the molecule is Cn1ccc(C2CC(Cl)CCO2)n1. The minimum absolute atomic E-state index is 0.0949. The Morgan fingerprint density at radius 1 is 1.69 bits per heavy atom. The van der Waals surface area contributed by atoms with Crippen LogP contribution in [0, 0.1) is 0 Å². The highest BCUT2D eigenvalue weighted by atomic mass is 35.5. The summed E-state index contributed by atoms with van der Waals surface area (Å²) in [5, 5.41) is 4.54. The molecular weight excluding hydrogens is 188 g/mol. The summed E-state index contributed by atoms with van der Waals surface area (Å²) in [7, 11) is 1.91. The molecule has 0 spiro atoms. The molecule has 0 bridgehead atoms. The van der Waals surface area contributed by atoms with Crippen LogP contribution in [0.3, 0.4) is 0 Å². The first kappa shape index (κ1) is 9.03. The maximum Gasteiger partial charge on any atom is 0.103 e. The molecule has 0 N–H and O–H groups in total. The summed E-state index contributed by atoms with van der Waals surface area (Å²) in [6.07, 6.45) is 3.84. The van der Waals surface area contributed by atoms with Gasteiger partial charge in [-0.25, -0.2) is 0 Å². The summed E-state index contributed by atoms with van der Waals surface area (Å²) >= 11 is 6.05. The van der Waals surface area contributed by atoms with Crippen LogP contribution in [0.1, 0.15) is 24.6 Å². The van der Waals surface area contributed by atoms with Crippen LogP contribution in [0.5, 0.6) is 0 Å². The molecule has 1 aromatic rings. The third kappa shape index (κ3) is 2.03. The number of aryl methyl sites for hydroxylation is 1. The number of hydrogen-bond acceptors (Lipinski definition) is 2. The van der Waals surface area contributed by atoms with Gasteiger partial charge in [0.1, 0.15) is 6.10 Å². The number of alkyl halides is 1. The van der Waals surface area contributed by atoms with Crippen LogP contribution in [0.4, 0.5) is 0 Å². The van der Waals surface area contributed by atoms with Crippen molar-refractivity contribution in [1.29, 1.82) is 0 Å². The smallest absolute Gasteiger partial charge is 0.103 e. The van der Waals surface area contributed by atoms with Gasteiger partial charge in [-0.05, 0) is 18.9 Å². The van der Waals surface area contributed by atoms with E-state index in [-0.39, 0.29) is 11.5 Å². The molecule has 13 heavy (non-hydrogen) atoms. The second-order valence-corrected chi connectivity index (χ2v) is 4.01. The lowest BCUT2D eigenvalue weighted by Gasteiger charge is -2.24. The van der Waals surface area contributed by atoms with Gasteiger partial charge in [0.05, 0.1) is 5.69 Å². The topological polar surface area (TPSA) is 27.1 Å². The fourth-order valence-corrected chi connectivity index (χ4v) is 1.82. The number of nitrogens with zero attached hydrogens (tertiary/aromatic N) is 2. The van der Waals surface area contributed by atoms with Crippen molar-refractivity contribution >= 4 is 11.6 Å². The zero-order valence-corrected chi connectivity index (χ0v) is 8.37. The van der Waals surface area contributed by atoms with Crippen LogP contribution in [-0.4, -0.2) is 21.8 Å². The monoisotopic (exact) mass is 200 g/mol. The van der Waals surface area contributed by atoms with Crippen molar-refractivity contribution in [1.82, 2.24) is 9.78 Å². The van der Waals surface area contributed by atoms with Crippen molar-refractivity contribution in [2.75, 3.05) is 6.61 Å². The molecule has 4 heteroatoms. The number of hydrogen-bond donors (Lipinski definition) is 0. The van der Waals surface area contributed by atoms with Crippen molar-refractivity contribution in [3.8, 4) is 0 Å². The van der Waals surface area contributed by atoms with E-state index in [9.17, 15) is 0 Å². The van der Waals surface area contributed by atoms with Crippen LogP contribution in [0.25, 0.3) is 0 Å². The average Bonchev–Trinajstić information content (AvgIpc) is 2.52. The lowest BCUT2D eigenvalue weighted by Crippen LogP contribution is -2.20. The largest absolute Gasteiger partial charge is 0.372 e. The number of halogens is 1. The standard InChI is InChI=1S/C9H13ClN2O/c1-12-4-2-8(11-12)9-6-7(10)3-5-13-9/h2,4,7,9H,3,5-6H2,1H3. The molecule has 2 atom stereocenters. The molecule has 72 valence electrons. The van der Waals surface area contributed by atoms with E-state index in [2.05, 4.69) is 5.10 Å². The van der Waals surface area contributed by atoms with E-state index in [0.29, 0.717) is 0 Å². The van der Waals surface area contributed by atoms with Gasteiger partial charge < -0.3 is 4.74 Å². The van der Waals surface area contributed by atoms with E-state index in [1.54, 1.807) is 4.68 Å². The van der Waals surface area contributed by atoms with E-state index in [0.717, 1.165) is 25.1 Å². The van der Waals surface area contributed by atoms with Gasteiger partial charge in [0.2, 0.25) is 0 Å². The van der Waals surface area contributed by atoms with Crippen molar-refractivity contribution in [2.24, 2.45) is 7.05 Å². The predicted molar refractivity (Wildman–Crippen MR) is 50.8 cm³/mol. The summed E-state index contributed by atoms with van der Waals surface area (Å²) in [5.74, 6) is 0.